The second kappa shape index (κ2) is 5.53. The maximum Gasteiger partial charge on any atom is 0.129 e. The summed E-state index contributed by atoms with van der Waals surface area (Å²) in [5.41, 5.74) is 1.12. The van der Waals surface area contributed by atoms with Crippen LogP contribution in [0.25, 0.3) is 0 Å². The third kappa shape index (κ3) is 3.37. The Balaban J connectivity index is 1.97. The molecule has 2 nitrogen and oxygen atoms in total. The molecule has 0 aliphatic rings. The number of thioether (sulfide) groups is 1. The monoisotopic (exact) mass is 270 g/mol. The van der Waals surface area contributed by atoms with Gasteiger partial charge in [-0.1, -0.05) is 29.3 Å². The summed E-state index contributed by atoms with van der Waals surface area (Å²) in [6.45, 7) is 0. The van der Waals surface area contributed by atoms with Crippen molar-refractivity contribution in [1.82, 2.24) is 9.97 Å². The summed E-state index contributed by atoms with van der Waals surface area (Å²) in [6, 6.07) is 7.47. The first-order valence-electron chi connectivity index (χ1n) is 4.59. The van der Waals surface area contributed by atoms with E-state index in [1.807, 2.05) is 18.2 Å². The summed E-state index contributed by atoms with van der Waals surface area (Å²) in [6.07, 6.45) is 3.41. The maximum atomic E-state index is 5.75. The molecule has 82 valence electrons. The van der Waals surface area contributed by atoms with E-state index in [4.69, 9.17) is 23.2 Å². The van der Waals surface area contributed by atoms with Crippen LogP contribution in [-0.4, -0.2) is 9.97 Å². The SMILES string of the molecule is Clc1ccc(SCc2ccc(Cl)nc2)nc1. The zero-order valence-corrected chi connectivity index (χ0v) is 10.6. The van der Waals surface area contributed by atoms with Crippen molar-refractivity contribution in [2.24, 2.45) is 0 Å². The van der Waals surface area contributed by atoms with Crippen LogP contribution in [0, 0.1) is 0 Å². The van der Waals surface area contributed by atoms with Crippen molar-refractivity contribution in [3.8, 4) is 0 Å². The Labute approximate surface area is 108 Å². The lowest BCUT2D eigenvalue weighted by Gasteiger charge is -2.01. The van der Waals surface area contributed by atoms with Crippen molar-refractivity contribution < 1.29 is 0 Å². The molecule has 0 saturated heterocycles. The molecule has 0 amide bonds. The summed E-state index contributed by atoms with van der Waals surface area (Å²) in [4.78, 5) is 8.21. The topological polar surface area (TPSA) is 25.8 Å². The molecule has 16 heavy (non-hydrogen) atoms. The van der Waals surface area contributed by atoms with Gasteiger partial charge in [0.15, 0.2) is 0 Å². The minimum Gasteiger partial charge on any atom is -0.248 e. The Hall–Kier alpha value is -0.770. The van der Waals surface area contributed by atoms with E-state index in [9.17, 15) is 0 Å². The Morgan fingerprint density at radius 1 is 1.00 bits per heavy atom. The Kier molecular flexibility index (Phi) is 4.04. The Morgan fingerprint density at radius 2 is 1.88 bits per heavy atom. The van der Waals surface area contributed by atoms with Gasteiger partial charge in [-0.3, -0.25) is 0 Å². The molecular weight excluding hydrogens is 263 g/mol. The lowest BCUT2D eigenvalue weighted by atomic mass is 10.3. The quantitative estimate of drug-likeness (QED) is 0.621. The highest BCUT2D eigenvalue weighted by Gasteiger charge is 1.98. The Morgan fingerprint density at radius 3 is 2.50 bits per heavy atom. The van der Waals surface area contributed by atoms with Crippen molar-refractivity contribution in [2.75, 3.05) is 0 Å². The second-order valence-electron chi connectivity index (χ2n) is 3.09. The van der Waals surface area contributed by atoms with Gasteiger partial charge < -0.3 is 0 Å². The van der Waals surface area contributed by atoms with Gasteiger partial charge in [-0.05, 0) is 23.8 Å². The number of pyridine rings is 2. The van der Waals surface area contributed by atoms with Gasteiger partial charge >= 0.3 is 0 Å². The summed E-state index contributed by atoms with van der Waals surface area (Å²) >= 11 is 13.1. The van der Waals surface area contributed by atoms with Crippen molar-refractivity contribution >= 4 is 35.0 Å². The van der Waals surface area contributed by atoms with Crippen LogP contribution in [0.1, 0.15) is 5.56 Å². The van der Waals surface area contributed by atoms with E-state index in [1.54, 1.807) is 30.2 Å². The van der Waals surface area contributed by atoms with Crippen LogP contribution < -0.4 is 0 Å². The number of hydrogen-bond acceptors (Lipinski definition) is 3. The van der Waals surface area contributed by atoms with E-state index in [-0.39, 0.29) is 0 Å². The average Bonchev–Trinajstić information content (AvgIpc) is 2.30. The van der Waals surface area contributed by atoms with Gasteiger partial charge in [-0.25, -0.2) is 9.97 Å². The highest BCUT2D eigenvalue weighted by atomic mass is 35.5. The highest BCUT2D eigenvalue weighted by molar-refractivity contribution is 7.98. The number of nitrogens with zero attached hydrogens (tertiary/aromatic N) is 2. The predicted octanol–water partition coefficient (Wildman–Crippen LogP) is 4.08. The first kappa shape index (κ1) is 11.7. The molecule has 0 atom stereocenters. The first-order chi connectivity index (χ1) is 7.74. The van der Waals surface area contributed by atoms with Crippen LogP contribution in [0.3, 0.4) is 0 Å². The van der Waals surface area contributed by atoms with E-state index in [1.165, 1.54) is 0 Å². The molecule has 0 aromatic carbocycles. The van der Waals surface area contributed by atoms with Gasteiger partial charge in [0.1, 0.15) is 5.15 Å². The molecule has 0 unspecified atom stereocenters. The smallest absolute Gasteiger partial charge is 0.129 e. The zero-order chi connectivity index (χ0) is 11.4. The molecule has 0 spiro atoms. The molecule has 0 bridgehead atoms. The van der Waals surface area contributed by atoms with E-state index < -0.39 is 0 Å². The number of halogens is 2. The summed E-state index contributed by atoms with van der Waals surface area (Å²) in [5, 5.41) is 2.11. The molecule has 2 aromatic heterocycles. The summed E-state index contributed by atoms with van der Waals surface area (Å²) in [7, 11) is 0. The molecule has 2 heterocycles. The predicted molar refractivity (Wildman–Crippen MR) is 68.1 cm³/mol. The van der Waals surface area contributed by atoms with E-state index >= 15 is 0 Å². The normalized spacial score (nSPS) is 10.4. The fourth-order valence-corrected chi connectivity index (χ4v) is 2.10. The molecular formula is C11H8Cl2N2S. The third-order valence-corrected chi connectivity index (χ3v) is 3.34. The molecule has 0 N–H and O–H groups in total. The minimum atomic E-state index is 0.512. The number of aromatic nitrogens is 2. The first-order valence-corrected chi connectivity index (χ1v) is 6.33. The lowest BCUT2D eigenvalue weighted by molar-refractivity contribution is 1.13. The van der Waals surface area contributed by atoms with Gasteiger partial charge in [0, 0.05) is 18.1 Å². The van der Waals surface area contributed by atoms with E-state index in [0.29, 0.717) is 10.2 Å². The van der Waals surface area contributed by atoms with Gasteiger partial charge in [-0.15, -0.1) is 11.8 Å². The van der Waals surface area contributed by atoms with Crippen molar-refractivity contribution in [3.05, 3.63) is 52.4 Å². The molecule has 2 rings (SSSR count). The van der Waals surface area contributed by atoms with Crippen LogP contribution in [0.15, 0.2) is 41.7 Å². The highest BCUT2D eigenvalue weighted by Crippen LogP contribution is 2.21. The largest absolute Gasteiger partial charge is 0.248 e. The third-order valence-electron chi connectivity index (χ3n) is 1.88. The van der Waals surface area contributed by atoms with Gasteiger partial charge in [0.05, 0.1) is 10.0 Å². The Bertz CT molecular complexity index is 411. The standard InChI is InChI=1S/C11H8Cl2N2S/c12-9-2-4-11(15-6-9)16-7-8-1-3-10(13)14-5-8/h1-6H,7H2. The molecule has 2 aromatic rings. The van der Waals surface area contributed by atoms with Crippen LogP contribution in [0.4, 0.5) is 0 Å². The number of rotatable bonds is 3. The minimum absolute atomic E-state index is 0.512. The van der Waals surface area contributed by atoms with Gasteiger partial charge in [-0.2, -0.15) is 0 Å². The fraction of sp³-hybridized carbons (Fsp3) is 0.0909. The molecule has 0 radical (unpaired) electrons. The molecule has 5 heteroatoms. The van der Waals surface area contributed by atoms with Crippen LogP contribution >= 0.6 is 35.0 Å². The van der Waals surface area contributed by atoms with Crippen molar-refractivity contribution in [1.29, 1.82) is 0 Å². The van der Waals surface area contributed by atoms with E-state index in [2.05, 4.69) is 9.97 Å². The summed E-state index contributed by atoms with van der Waals surface area (Å²) in [5.74, 6) is 0.818. The van der Waals surface area contributed by atoms with Gasteiger partial charge in [0.2, 0.25) is 0 Å². The fourth-order valence-electron chi connectivity index (χ4n) is 1.10. The maximum absolute atomic E-state index is 5.75. The van der Waals surface area contributed by atoms with Crippen LogP contribution in [0.5, 0.6) is 0 Å². The van der Waals surface area contributed by atoms with Crippen molar-refractivity contribution in [3.63, 3.8) is 0 Å². The molecule has 0 aliphatic carbocycles. The van der Waals surface area contributed by atoms with Gasteiger partial charge in [0.25, 0.3) is 0 Å². The molecule has 0 saturated carbocycles. The molecule has 0 fully saturated rings. The van der Waals surface area contributed by atoms with E-state index in [0.717, 1.165) is 16.3 Å². The summed E-state index contributed by atoms with van der Waals surface area (Å²) < 4.78 is 0. The average molecular weight is 271 g/mol. The molecule has 0 aliphatic heterocycles. The number of hydrogen-bond donors (Lipinski definition) is 0. The van der Waals surface area contributed by atoms with Crippen LogP contribution in [0.2, 0.25) is 10.2 Å². The zero-order valence-electron chi connectivity index (χ0n) is 8.23. The van der Waals surface area contributed by atoms with Crippen LogP contribution in [-0.2, 0) is 5.75 Å². The lowest BCUT2D eigenvalue weighted by Crippen LogP contribution is -1.84. The second-order valence-corrected chi connectivity index (χ2v) is 4.91. The van der Waals surface area contributed by atoms with Crippen molar-refractivity contribution in [2.45, 2.75) is 10.8 Å².